The molecule has 1 unspecified atom stereocenters. The Balaban J connectivity index is 1.85. The minimum absolute atomic E-state index is 0.270. The van der Waals surface area contributed by atoms with Crippen molar-refractivity contribution in [2.24, 2.45) is 5.92 Å². The number of hydrogen-bond donors (Lipinski definition) is 0. The van der Waals surface area contributed by atoms with Crippen LogP contribution in [0.5, 0.6) is 0 Å². The molecule has 0 N–H and O–H groups in total. The Morgan fingerprint density at radius 1 is 1.41 bits per heavy atom. The highest BCUT2D eigenvalue weighted by atomic mass is 35.5. The van der Waals surface area contributed by atoms with Crippen molar-refractivity contribution < 1.29 is 0 Å². The molecule has 0 radical (unpaired) electrons. The summed E-state index contributed by atoms with van der Waals surface area (Å²) in [6.07, 6.45) is 9.49. The summed E-state index contributed by atoms with van der Waals surface area (Å²) < 4.78 is 2.17. The van der Waals surface area contributed by atoms with E-state index in [0.29, 0.717) is 12.0 Å². The number of aryl methyl sites for hydroxylation is 1. The van der Waals surface area contributed by atoms with Crippen LogP contribution in [-0.2, 0) is 6.42 Å². The predicted molar refractivity (Wildman–Crippen MR) is 72.5 cm³/mol. The van der Waals surface area contributed by atoms with Gasteiger partial charge in [0.2, 0.25) is 0 Å². The zero-order chi connectivity index (χ0) is 12.3. The van der Waals surface area contributed by atoms with Crippen molar-refractivity contribution in [3.8, 4) is 0 Å². The lowest BCUT2D eigenvalue weighted by Crippen LogP contribution is -2.10. The van der Waals surface area contributed by atoms with Crippen LogP contribution in [0.15, 0.2) is 12.3 Å². The van der Waals surface area contributed by atoms with E-state index in [9.17, 15) is 0 Å². The summed E-state index contributed by atoms with van der Waals surface area (Å²) >= 11 is 6.26. The third-order valence-electron chi connectivity index (χ3n) is 3.76. The first-order chi connectivity index (χ1) is 8.16. The highest BCUT2D eigenvalue weighted by Gasteiger charge is 2.17. The molecule has 1 atom stereocenters. The summed E-state index contributed by atoms with van der Waals surface area (Å²) in [7, 11) is 0. The normalized spacial score (nSPS) is 19.1. The summed E-state index contributed by atoms with van der Waals surface area (Å²) in [6, 6.07) is 2.81. The predicted octanol–water partition coefficient (Wildman–Crippen LogP) is 4.19. The molecule has 0 amide bonds. The molecule has 96 valence electrons. The minimum Gasteiger partial charge on any atom is -0.269 e. The number of rotatable bonds is 5. The Bertz CT molecular complexity index is 340. The molecule has 2 nitrogen and oxygen atoms in total. The first kappa shape index (κ1) is 12.9. The van der Waals surface area contributed by atoms with Crippen LogP contribution in [0.25, 0.3) is 0 Å². The molecule has 1 aliphatic carbocycles. The molecule has 1 aromatic rings. The Morgan fingerprint density at radius 2 is 2.12 bits per heavy atom. The first-order valence-electron chi connectivity index (χ1n) is 6.85. The van der Waals surface area contributed by atoms with Gasteiger partial charge in [0.15, 0.2) is 0 Å². The van der Waals surface area contributed by atoms with Gasteiger partial charge in [-0.05, 0) is 37.7 Å². The molecule has 1 heterocycles. The SMILES string of the molecule is CC(C)C(Cl)CCc1ccn(C2CCCC2)n1. The molecule has 1 saturated carbocycles. The number of hydrogen-bond acceptors (Lipinski definition) is 1. The maximum atomic E-state index is 6.26. The first-order valence-corrected chi connectivity index (χ1v) is 7.28. The van der Waals surface area contributed by atoms with Crippen molar-refractivity contribution in [1.82, 2.24) is 9.78 Å². The summed E-state index contributed by atoms with van der Waals surface area (Å²) in [6.45, 7) is 4.35. The molecule has 1 fully saturated rings. The molecule has 1 aliphatic rings. The number of nitrogens with zero attached hydrogens (tertiary/aromatic N) is 2. The van der Waals surface area contributed by atoms with Gasteiger partial charge in [-0.3, -0.25) is 4.68 Å². The molecule has 2 rings (SSSR count). The van der Waals surface area contributed by atoms with Gasteiger partial charge in [0.25, 0.3) is 0 Å². The Kier molecular flexibility index (Phi) is 4.49. The smallest absolute Gasteiger partial charge is 0.0625 e. The molecule has 0 aromatic carbocycles. The molecule has 3 heteroatoms. The molecule has 17 heavy (non-hydrogen) atoms. The second-order valence-electron chi connectivity index (χ2n) is 5.52. The summed E-state index contributed by atoms with van der Waals surface area (Å²) in [5, 5.41) is 4.95. The zero-order valence-electron chi connectivity index (χ0n) is 10.9. The standard InChI is InChI=1S/C14H23ClN2/c1-11(2)14(15)8-7-12-9-10-17(16-12)13-5-3-4-6-13/h9-11,13-14H,3-8H2,1-2H3. The topological polar surface area (TPSA) is 17.8 Å². The van der Waals surface area contributed by atoms with E-state index in [4.69, 9.17) is 11.6 Å². The van der Waals surface area contributed by atoms with Crippen LogP contribution in [0.1, 0.15) is 57.7 Å². The van der Waals surface area contributed by atoms with Crippen molar-refractivity contribution in [3.63, 3.8) is 0 Å². The van der Waals surface area contributed by atoms with Crippen LogP contribution in [0.2, 0.25) is 0 Å². The van der Waals surface area contributed by atoms with Gasteiger partial charge in [-0.1, -0.05) is 26.7 Å². The molecule has 1 aromatic heterocycles. The Labute approximate surface area is 109 Å². The van der Waals surface area contributed by atoms with E-state index in [-0.39, 0.29) is 5.38 Å². The van der Waals surface area contributed by atoms with Gasteiger partial charge in [0.05, 0.1) is 11.7 Å². The second-order valence-corrected chi connectivity index (χ2v) is 6.08. The highest BCUT2D eigenvalue weighted by Crippen LogP contribution is 2.28. The number of alkyl halides is 1. The summed E-state index contributed by atoms with van der Waals surface area (Å²) in [5.74, 6) is 0.550. The molecule has 0 bridgehead atoms. The van der Waals surface area contributed by atoms with Gasteiger partial charge in [-0.25, -0.2) is 0 Å². The third kappa shape index (κ3) is 3.48. The van der Waals surface area contributed by atoms with Gasteiger partial charge < -0.3 is 0 Å². The van der Waals surface area contributed by atoms with Crippen molar-refractivity contribution >= 4 is 11.6 Å². The molecule has 0 aliphatic heterocycles. The van der Waals surface area contributed by atoms with E-state index in [2.05, 4.69) is 35.9 Å². The van der Waals surface area contributed by atoms with E-state index in [0.717, 1.165) is 12.8 Å². The third-order valence-corrected chi connectivity index (χ3v) is 4.48. The largest absolute Gasteiger partial charge is 0.269 e. The monoisotopic (exact) mass is 254 g/mol. The van der Waals surface area contributed by atoms with Crippen molar-refractivity contribution in [2.45, 2.75) is 63.8 Å². The van der Waals surface area contributed by atoms with Gasteiger partial charge in [0.1, 0.15) is 0 Å². The lowest BCUT2D eigenvalue weighted by Gasteiger charge is -2.12. The zero-order valence-corrected chi connectivity index (χ0v) is 11.7. The van der Waals surface area contributed by atoms with Crippen molar-refractivity contribution in [1.29, 1.82) is 0 Å². The number of aromatic nitrogens is 2. The Morgan fingerprint density at radius 3 is 2.76 bits per heavy atom. The van der Waals surface area contributed by atoms with Crippen LogP contribution < -0.4 is 0 Å². The minimum atomic E-state index is 0.270. The van der Waals surface area contributed by atoms with E-state index in [1.165, 1.54) is 31.4 Å². The van der Waals surface area contributed by atoms with E-state index in [1.807, 2.05) is 0 Å². The van der Waals surface area contributed by atoms with Gasteiger partial charge in [0, 0.05) is 11.6 Å². The van der Waals surface area contributed by atoms with Gasteiger partial charge in [-0.2, -0.15) is 5.10 Å². The quantitative estimate of drug-likeness (QED) is 0.721. The van der Waals surface area contributed by atoms with Crippen LogP contribution in [0.3, 0.4) is 0 Å². The average molecular weight is 255 g/mol. The fourth-order valence-electron chi connectivity index (χ4n) is 2.50. The molecular weight excluding hydrogens is 232 g/mol. The van der Waals surface area contributed by atoms with Crippen LogP contribution in [0.4, 0.5) is 0 Å². The maximum absolute atomic E-state index is 6.26. The maximum Gasteiger partial charge on any atom is 0.0625 e. The van der Waals surface area contributed by atoms with E-state index in [1.54, 1.807) is 0 Å². The van der Waals surface area contributed by atoms with Crippen LogP contribution in [0, 0.1) is 5.92 Å². The van der Waals surface area contributed by atoms with E-state index >= 15 is 0 Å². The Hall–Kier alpha value is -0.500. The molecular formula is C14H23ClN2. The number of halogens is 1. The van der Waals surface area contributed by atoms with Crippen molar-refractivity contribution in [2.75, 3.05) is 0 Å². The molecule has 0 spiro atoms. The lowest BCUT2D eigenvalue weighted by atomic mass is 10.0. The average Bonchev–Trinajstić information content (AvgIpc) is 2.95. The van der Waals surface area contributed by atoms with Crippen molar-refractivity contribution in [3.05, 3.63) is 18.0 Å². The highest BCUT2D eigenvalue weighted by molar-refractivity contribution is 6.20. The lowest BCUT2D eigenvalue weighted by molar-refractivity contribution is 0.461. The van der Waals surface area contributed by atoms with Gasteiger partial charge in [-0.15, -0.1) is 11.6 Å². The fourth-order valence-corrected chi connectivity index (χ4v) is 2.61. The van der Waals surface area contributed by atoms with Crippen LogP contribution in [-0.4, -0.2) is 15.2 Å². The summed E-state index contributed by atoms with van der Waals surface area (Å²) in [4.78, 5) is 0. The fraction of sp³-hybridized carbons (Fsp3) is 0.786. The summed E-state index contributed by atoms with van der Waals surface area (Å²) in [5.41, 5.74) is 1.20. The van der Waals surface area contributed by atoms with Gasteiger partial charge >= 0.3 is 0 Å². The van der Waals surface area contributed by atoms with Crippen LogP contribution >= 0.6 is 11.6 Å². The second kappa shape index (κ2) is 5.90. The molecule has 0 saturated heterocycles. The van der Waals surface area contributed by atoms with E-state index < -0.39 is 0 Å².